The summed E-state index contributed by atoms with van der Waals surface area (Å²) >= 11 is 1.71. The third-order valence-corrected chi connectivity index (χ3v) is 4.90. The molecule has 0 saturated carbocycles. The average Bonchev–Trinajstić information content (AvgIpc) is 3.07. The van der Waals surface area contributed by atoms with Gasteiger partial charge in [-0.15, -0.1) is 11.3 Å². The molecule has 0 unspecified atom stereocenters. The summed E-state index contributed by atoms with van der Waals surface area (Å²) in [5, 5.41) is 7.55. The Morgan fingerprint density at radius 1 is 1.26 bits per heavy atom. The maximum atomic E-state index is 12.3. The first-order valence-corrected chi connectivity index (χ1v) is 10.1. The molecule has 0 spiro atoms. The highest BCUT2D eigenvalue weighted by Gasteiger charge is 2.09. The molecule has 2 aromatic rings. The van der Waals surface area contributed by atoms with E-state index in [1.54, 1.807) is 16.2 Å². The number of aliphatic imine (C=N–C) groups is 1. The molecule has 27 heavy (non-hydrogen) atoms. The molecule has 0 aliphatic rings. The van der Waals surface area contributed by atoms with Crippen LogP contribution in [0, 0.1) is 6.92 Å². The second kappa shape index (κ2) is 11.3. The second-order valence-corrected chi connectivity index (χ2v) is 7.61. The number of guanidine groups is 1. The molecule has 0 aliphatic carbocycles. The number of hydrogen-bond donors (Lipinski definition) is 2. The number of rotatable bonds is 9. The van der Waals surface area contributed by atoms with Crippen LogP contribution in [0.3, 0.4) is 0 Å². The summed E-state index contributed by atoms with van der Waals surface area (Å²) in [6.07, 6.45) is 3.15. The number of aromatic nitrogens is 1. The molecule has 146 valence electrons. The van der Waals surface area contributed by atoms with E-state index in [9.17, 15) is 4.79 Å². The molecule has 6 nitrogen and oxygen atoms in total. The van der Waals surface area contributed by atoms with E-state index in [0.717, 1.165) is 29.5 Å². The molecule has 0 saturated heterocycles. The molecule has 1 aromatic heterocycles. The molecule has 0 radical (unpaired) electrons. The fourth-order valence-electron chi connectivity index (χ4n) is 2.55. The first-order valence-electron chi connectivity index (χ1n) is 9.30. The number of amides is 1. The van der Waals surface area contributed by atoms with Crippen molar-refractivity contribution in [2.75, 3.05) is 26.7 Å². The number of benzene rings is 1. The highest BCUT2D eigenvalue weighted by molar-refractivity contribution is 7.11. The van der Waals surface area contributed by atoms with Gasteiger partial charge >= 0.3 is 0 Å². The van der Waals surface area contributed by atoms with Crippen LogP contribution in [-0.4, -0.2) is 48.4 Å². The van der Waals surface area contributed by atoms with Crippen molar-refractivity contribution in [2.24, 2.45) is 4.99 Å². The van der Waals surface area contributed by atoms with E-state index in [-0.39, 0.29) is 5.91 Å². The SMILES string of the molecule is CCNC(=NCCc1ncc(C)s1)NCCC(=O)N(C)Cc1ccccc1. The molecule has 0 aliphatic heterocycles. The molecule has 0 atom stereocenters. The van der Waals surface area contributed by atoms with Gasteiger partial charge in [-0.05, 0) is 19.4 Å². The number of carbonyl (C=O) groups excluding carboxylic acids is 1. The van der Waals surface area contributed by atoms with E-state index in [4.69, 9.17) is 0 Å². The van der Waals surface area contributed by atoms with Gasteiger partial charge < -0.3 is 15.5 Å². The smallest absolute Gasteiger partial charge is 0.224 e. The summed E-state index contributed by atoms with van der Waals surface area (Å²) in [7, 11) is 1.84. The van der Waals surface area contributed by atoms with Crippen LogP contribution in [0.4, 0.5) is 0 Å². The number of nitrogens with one attached hydrogen (secondary N) is 2. The Kier molecular flexibility index (Phi) is 8.77. The maximum Gasteiger partial charge on any atom is 0.224 e. The minimum atomic E-state index is 0.112. The lowest BCUT2D eigenvalue weighted by Crippen LogP contribution is -2.39. The van der Waals surface area contributed by atoms with Gasteiger partial charge in [-0.25, -0.2) is 4.98 Å². The van der Waals surface area contributed by atoms with E-state index in [1.165, 1.54) is 4.88 Å². The molecule has 0 bridgehead atoms. The summed E-state index contributed by atoms with van der Waals surface area (Å²) < 4.78 is 0. The predicted molar refractivity (Wildman–Crippen MR) is 112 cm³/mol. The third-order valence-electron chi connectivity index (χ3n) is 3.93. The number of hydrogen-bond acceptors (Lipinski definition) is 4. The van der Waals surface area contributed by atoms with Crippen LogP contribution in [0.1, 0.15) is 28.8 Å². The summed E-state index contributed by atoms with van der Waals surface area (Å²) in [5.74, 6) is 0.852. The summed E-state index contributed by atoms with van der Waals surface area (Å²) in [4.78, 5) is 24.2. The Morgan fingerprint density at radius 2 is 2.04 bits per heavy atom. The van der Waals surface area contributed by atoms with Gasteiger partial charge in [-0.1, -0.05) is 30.3 Å². The van der Waals surface area contributed by atoms with E-state index >= 15 is 0 Å². The Labute approximate surface area is 165 Å². The van der Waals surface area contributed by atoms with Gasteiger partial charge in [0.05, 0.1) is 5.01 Å². The number of nitrogens with zero attached hydrogens (tertiary/aromatic N) is 3. The molecule has 1 amide bonds. The van der Waals surface area contributed by atoms with Crippen molar-refractivity contribution in [3.63, 3.8) is 0 Å². The molecule has 0 fully saturated rings. The average molecular weight is 388 g/mol. The Balaban J connectivity index is 1.73. The maximum absolute atomic E-state index is 12.3. The first kappa shape index (κ1) is 20.9. The van der Waals surface area contributed by atoms with Crippen molar-refractivity contribution in [1.82, 2.24) is 20.5 Å². The molecule has 1 heterocycles. The van der Waals surface area contributed by atoms with Crippen LogP contribution in [-0.2, 0) is 17.8 Å². The molecular formula is C20H29N5OS. The van der Waals surface area contributed by atoms with Gasteiger partial charge in [0.1, 0.15) is 0 Å². The normalized spacial score (nSPS) is 11.3. The minimum absolute atomic E-state index is 0.112. The van der Waals surface area contributed by atoms with Gasteiger partial charge in [-0.2, -0.15) is 0 Å². The van der Waals surface area contributed by atoms with E-state index < -0.39 is 0 Å². The quantitative estimate of drug-likeness (QED) is 0.513. The number of aryl methyl sites for hydroxylation is 1. The van der Waals surface area contributed by atoms with E-state index in [0.29, 0.717) is 26.1 Å². The predicted octanol–water partition coefficient (Wildman–Crippen LogP) is 2.60. The topological polar surface area (TPSA) is 69.6 Å². The van der Waals surface area contributed by atoms with Gasteiger partial charge in [-0.3, -0.25) is 9.79 Å². The lowest BCUT2D eigenvalue weighted by molar-refractivity contribution is -0.130. The largest absolute Gasteiger partial charge is 0.357 e. The zero-order valence-electron chi connectivity index (χ0n) is 16.4. The highest BCUT2D eigenvalue weighted by Crippen LogP contribution is 2.11. The van der Waals surface area contributed by atoms with Crippen molar-refractivity contribution < 1.29 is 4.79 Å². The molecule has 2 N–H and O–H groups in total. The lowest BCUT2D eigenvalue weighted by atomic mass is 10.2. The highest BCUT2D eigenvalue weighted by atomic mass is 32.1. The van der Waals surface area contributed by atoms with Gasteiger partial charge in [0.15, 0.2) is 5.96 Å². The van der Waals surface area contributed by atoms with Crippen molar-refractivity contribution in [3.05, 3.63) is 52.0 Å². The zero-order chi connectivity index (χ0) is 19.5. The Bertz CT molecular complexity index is 729. The fourth-order valence-corrected chi connectivity index (χ4v) is 3.32. The van der Waals surface area contributed by atoms with Crippen LogP contribution in [0.25, 0.3) is 0 Å². The van der Waals surface area contributed by atoms with Crippen molar-refractivity contribution >= 4 is 23.2 Å². The summed E-state index contributed by atoms with van der Waals surface area (Å²) in [6.45, 7) is 6.72. The van der Waals surface area contributed by atoms with Gasteiger partial charge in [0.2, 0.25) is 5.91 Å². The number of thiazole rings is 1. The fraction of sp³-hybridized carbons (Fsp3) is 0.450. The van der Waals surface area contributed by atoms with E-state index in [2.05, 4.69) is 27.5 Å². The Hall–Kier alpha value is -2.41. The van der Waals surface area contributed by atoms with Crippen LogP contribution >= 0.6 is 11.3 Å². The molecule has 2 rings (SSSR count). The van der Waals surface area contributed by atoms with Gasteiger partial charge in [0.25, 0.3) is 0 Å². The monoisotopic (exact) mass is 387 g/mol. The first-order chi connectivity index (χ1) is 13.1. The van der Waals surface area contributed by atoms with Crippen LogP contribution in [0.15, 0.2) is 41.5 Å². The third kappa shape index (κ3) is 7.78. The van der Waals surface area contributed by atoms with E-state index in [1.807, 2.05) is 50.5 Å². The molecule has 1 aromatic carbocycles. The lowest BCUT2D eigenvalue weighted by Gasteiger charge is -2.18. The Morgan fingerprint density at radius 3 is 2.70 bits per heavy atom. The van der Waals surface area contributed by atoms with Crippen LogP contribution < -0.4 is 10.6 Å². The van der Waals surface area contributed by atoms with Crippen molar-refractivity contribution in [1.29, 1.82) is 0 Å². The zero-order valence-corrected chi connectivity index (χ0v) is 17.2. The van der Waals surface area contributed by atoms with Crippen LogP contribution in [0.2, 0.25) is 0 Å². The second-order valence-electron chi connectivity index (χ2n) is 6.29. The molecular weight excluding hydrogens is 358 g/mol. The van der Waals surface area contributed by atoms with Crippen molar-refractivity contribution in [3.8, 4) is 0 Å². The number of carbonyl (C=O) groups is 1. The minimum Gasteiger partial charge on any atom is -0.357 e. The van der Waals surface area contributed by atoms with Gasteiger partial charge in [0, 0.05) is 57.1 Å². The standard InChI is InChI=1S/C20H29N5OS/c1-4-21-20(22-12-10-18-24-14-16(2)27-18)23-13-11-19(26)25(3)15-17-8-6-5-7-9-17/h5-9,14H,4,10-13,15H2,1-3H3,(H2,21,22,23). The summed E-state index contributed by atoms with van der Waals surface area (Å²) in [5.41, 5.74) is 1.13. The summed E-state index contributed by atoms with van der Waals surface area (Å²) in [6, 6.07) is 10.0. The van der Waals surface area contributed by atoms with Crippen molar-refractivity contribution in [2.45, 2.75) is 33.2 Å². The molecule has 7 heteroatoms. The van der Waals surface area contributed by atoms with Crippen LogP contribution in [0.5, 0.6) is 0 Å².